The van der Waals surface area contributed by atoms with Crippen molar-refractivity contribution in [3.63, 3.8) is 0 Å². The zero-order chi connectivity index (χ0) is 25.7. The number of rotatable bonds is 7. The van der Waals surface area contributed by atoms with Gasteiger partial charge in [-0.1, -0.05) is 11.3 Å². The molecule has 0 radical (unpaired) electrons. The highest BCUT2D eigenvalue weighted by Crippen LogP contribution is 2.31. The molecule has 0 unspecified atom stereocenters. The number of hydrogen-bond donors (Lipinski definition) is 1. The number of halogens is 1. The summed E-state index contributed by atoms with van der Waals surface area (Å²) in [5.41, 5.74) is -3.45. The Bertz CT molecular complexity index is 1600. The zero-order valence-corrected chi connectivity index (χ0v) is 19.9. The van der Waals surface area contributed by atoms with Crippen molar-refractivity contribution in [1.82, 2.24) is 24.1 Å². The van der Waals surface area contributed by atoms with E-state index in [1.165, 1.54) is 44.2 Å². The molecular formula is C22H20FN5O6S. The second kappa shape index (κ2) is 8.58. The van der Waals surface area contributed by atoms with Gasteiger partial charge in [-0.05, 0) is 39.0 Å². The molecule has 13 heteroatoms. The molecule has 0 amide bonds. The fourth-order valence-electron chi connectivity index (χ4n) is 3.70. The highest BCUT2D eigenvalue weighted by atomic mass is 32.1. The Morgan fingerprint density at radius 3 is 2.46 bits per heavy atom. The molecule has 0 aliphatic carbocycles. The molecule has 1 N–H and O–H groups in total. The van der Waals surface area contributed by atoms with Crippen molar-refractivity contribution < 1.29 is 23.8 Å². The minimum atomic E-state index is -1.93. The van der Waals surface area contributed by atoms with Gasteiger partial charge in [0.25, 0.3) is 5.56 Å². The lowest BCUT2D eigenvalue weighted by atomic mass is 10.1. The number of carboxylic acid groups (broad SMARTS) is 1. The number of thiophene rings is 1. The van der Waals surface area contributed by atoms with E-state index in [4.69, 9.17) is 4.74 Å². The van der Waals surface area contributed by atoms with Crippen molar-refractivity contribution in [2.75, 3.05) is 7.11 Å². The second-order valence-corrected chi connectivity index (χ2v) is 9.15. The van der Waals surface area contributed by atoms with Crippen LogP contribution in [0.15, 0.2) is 40.2 Å². The Morgan fingerprint density at radius 2 is 1.86 bits per heavy atom. The van der Waals surface area contributed by atoms with Crippen LogP contribution >= 0.6 is 11.3 Å². The number of aryl methyl sites for hydroxylation is 1. The summed E-state index contributed by atoms with van der Waals surface area (Å²) >= 11 is 0.997. The summed E-state index contributed by atoms with van der Waals surface area (Å²) < 4.78 is 20.7. The molecule has 182 valence electrons. The normalized spacial score (nSPS) is 11.7. The number of aromatic nitrogens is 5. The number of carbonyl (C=O) groups is 2. The molecule has 0 spiro atoms. The molecule has 3 aromatic heterocycles. The van der Waals surface area contributed by atoms with Crippen molar-refractivity contribution in [2.45, 2.75) is 32.9 Å². The standard InChI is InChI=1S/C22H20FN5O6S/c1-11-16-17(30)27(22(2,3)20(31)32)21(33)26(19(16)35-18(11)28-24-7-8-25-28)10-14(29)13-9-12(23)5-6-15(13)34-4/h5-9H,10H2,1-4H3,(H,31,32). The summed E-state index contributed by atoms with van der Waals surface area (Å²) in [7, 11) is 1.32. The van der Waals surface area contributed by atoms with E-state index in [-0.39, 0.29) is 21.5 Å². The lowest BCUT2D eigenvalue weighted by Gasteiger charge is -2.23. The number of methoxy groups -OCH3 is 1. The van der Waals surface area contributed by atoms with Gasteiger partial charge in [-0.25, -0.2) is 18.5 Å². The number of ether oxygens (including phenoxy) is 1. The van der Waals surface area contributed by atoms with Gasteiger partial charge in [0.2, 0.25) is 0 Å². The first-order chi connectivity index (χ1) is 16.5. The Hall–Kier alpha value is -4.13. The average Bonchev–Trinajstić information content (AvgIpc) is 3.44. The average molecular weight is 501 g/mol. The Morgan fingerprint density at radius 1 is 1.20 bits per heavy atom. The predicted octanol–water partition coefficient (Wildman–Crippen LogP) is 1.96. The third-order valence-corrected chi connectivity index (χ3v) is 6.91. The first kappa shape index (κ1) is 24.0. The van der Waals surface area contributed by atoms with E-state index in [0.29, 0.717) is 15.1 Å². The SMILES string of the molecule is COc1ccc(F)cc1C(=O)Cn1c(=O)n(C(C)(C)C(=O)O)c(=O)c2c(C)c(-n3nccn3)sc21. The van der Waals surface area contributed by atoms with Gasteiger partial charge in [0.1, 0.15) is 26.9 Å². The summed E-state index contributed by atoms with van der Waals surface area (Å²) in [6.07, 6.45) is 2.87. The number of carbonyl (C=O) groups excluding carboxylic acids is 1. The van der Waals surface area contributed by atoms with Gasteiger partial charge in [0.15, 0.2) is 5.78 Å². The van der Waals surface area contributed by atoms with E-state index in [0.717, 1.165) is 28.0 Å². The minimum Gasteiger partial charge on any atom is -0.496 e. The van der Waals surface area contributed by atoms with Crippen LogP contribution in [-0.4, -0.2) is 48.1 Å². The molecule has 4 rings (SSSR count). The summed E-state index contributed by atoms with van der Waals surface area (Å²) in [4.78, 5) is 53.5. The van der Waals surface area contributed by atoms with Crippen LogP contribution in [0.1, 0.15) is 29.8 Å². The number of carboxylic acids is 1. The minimum absolute atomic E-state index is 0.0511. The molecule has 1 aromatic carbocycles. The van der Waals surface area contributed by atoms with E-state index in [2.05, 4.69) is 10.2 Å². The van der Waals surface area contributed by atoms with E-state index in [1.807, 2.05) is 0 Å². The van der Waals surface area contributed by atoms with Gasteiger partial charge in [-0.3, -0.25) is 14.2 Å². The number of aliphatic carboxylic acids is 1. The van der Waals surface area contributed by atoms with E-state index < -0.39 is 40.9 Å². The molecule has 0 aliphatic rings. The Labute approximate surface area is 200 Å². The number of fused-ring (bicyclic) bond motifs is 1. The molecule has 0 saturated heterocycles. The van der Waals surface area contributed by atoms with Gasteiger partial charge < -0.3 is 9.84 Å². The van der Waals surface area contributed by atoms with Crippen molar-refractivity contribution >= 4 is 33.3 Å². The molecule has 4 aromatic rings. The maximum absolute atomic E-state index is 13.9. The lowest BCUT2D eigenvalue weighted by molar-refractivity contribution is -0.146. The van der Waals surface area contributed by atoms with Crippen LogP contribution in [0.4, 0.5) is 4.39 Å². The summed E-state index contributed by atoms with van der Waals surface area (Å²) in [5.74, 6) is -2.67. The predicted molar refractivity (Wildman–Crippen MR) is 124 cm³/mol. The number of nitrogens with zero attached hydrogens (tertiary/aromatic N) is 5. The van der Waals surface area contributed by atoms with Crippen molar-refractivity contribution in [2.24, 2.45) is 0 Å². The highest BCUT2D eigenvalue weighted by Gasteiger charge is 2.35. The molecule has 0 fully saturated rings. The largest absolute Gasteiger partial charge is 0.496 e. The van der Waals surface area contributed by atoms with Gasteiger partial charge >= 0.3 is 11.7 Å². The molecule has 3 heterocycles. The smallest absolute Gasteiger partial charge is 0.333 e. The summed E-state index contributed by atoms with van der Waals surface area (Å²) in [6, 6.07) is 3.40. The maximum atomic E-state index is 13.9. The Balaban J connectivity index is 2.04. The quantitative estimate of drug-likeness (QED) is 0.379. The third-order valence-electron chi connectivity index (χ3n) is 5.63. The van der Waals surface area contributed by atoms with Gasteiger partial charge in [0.05, 0.1) is 37.0 Å². The summed E-state index contributed by atoms with van der Waals surface area (Å²) in [6.45, 7) is 3.44. The molecule has 35 heavy (non-hydrogen) atoms. The maximum Gasteiger partial charge on any atom is 0.333 e. The van der Waals surface area contributed by atoms with E-state index in [9.17, 15) is 28.7 Å². The highest BCUT2D eigenvalue weighted by molar-refractivity contribution is 7.21. The number of ketones is 1. The van der Waals surface area contributed by atoms with Crippen LogP contribution in [-0.2, 0) is 16.9 Å². The van der Waals surface area contributed by atoms with Crippen LogP contribution in [0, 0.1) is 12.7 Å². The monoisotopic (exact) mass is 501 g/mol. The van der Waals surface area contributed by atoms with Crippen LogP contribution in [0.3, 0.4) is 0 Å². The first-order valence-electron chi connectivity index (χ1n) is 10.2. The fourth-order valence-corrected chi connectivity index (χ4v) is 4.91. The van der Waals surface area contributed by atoms with E-state index in [1.54, 1.807) is 6.92 Å². The van der Waals surface area contributed by atoms with Gasteiger partial charge in [-0.2, -0.15) is 10.2 Å². The van der Waals surface area contributed by atoms with Crippen molar-refractivity contribution in [1.29, 1.82) is 0 Å². The molecule has 11 nitrogen and oxygen atoms in total. The fraction of sp³-hybridized carbons (Fsp3) is 0.273. The van der Waals surface area contributed by atoms with Crippen LogP contribution in [0.25, 0.3) is 15.2 Å². The number of benzene rings is 1. The second-order valence-electron chi connectivity index (χ2n) is 8.17. The number of Topliss-reactive ketones (excluding diaryl/α,β-unsaturated/α-hetero) is 1. The van der Waals surface area contributed by atoms with Crippen LogP contribution < -0.4 is 16.0 Å². The zero-order valence-electron chi connectivity index (χ0n) is 19.1. The molecular weight excluding hydrogens is 481 g/mol. The van der Waals surface area contributed by atoms with Crippen molar-refractivity contribution in [3.8, 4) is 10.8 Å². The van der Waals surface area contributed by atoms with Gasteiger partial charge in [0, 0.05) is 5.56 Å². The molecule has 0 aliphatic heterocycles. The number of hydrogen-bond acceptors (Lipinski definition) is 8. The third kappa shape index (κ3) is 3.83. The molecule has 0 saturated carbocycles. The van der Waals surface area contributed by atoms with Crippen LogP contribution in [0.5, 0.6) is 5.75 Å². The van der Waals surface area contributed by atoms with Gasteiger partial charge in [-0.15, -0.1) is 4.80 Å². The lowest BCUT2D eigenvalue weighted by Crippen LogP contribution is -2.52. The molecule has 0 bridgehead atoms. The first-order valence-corrected chi connectivity index (χ1v) is 11.1. The van der Waals surface area contributed by atoms with E-state index >= 15 is 0 Å². The van der Waals surface area contributed by atoms with Crippen molar-refractivity contribution in [3.05, 3.63) is 68.4 Å². The summed E-state index contributed by atoms with van der Waals surface area (Å²) in [5, 5.41) is 18.3. The van der Waals surface area contributed by atoms with Crippen LogP contribution in [0.2, 0.25) is 0 Å². The Kier molecular flexibility index (Phi) is 5.88. The molecule has 0 atom stereocenters. The topological polar surface area (TPSA) is 138 Å².